The average molecular weight is 314 g/mol. The maximum atomic E-state index is 13.6. The van der Waals surface area contributed by atoms with Gasteiger partial charge in [-0.3, -0.25) is 0 Å². The van der Waals surface area contributed by atoms with Crippen LogP contribution >= 0.6 is 0 Å². The van der Waals surface area contributed by atoms with Gasteiger partial charge in [-0.1, -0.05) is 36.4 Å². The van der Waals surface area contributed by atoms with E-state index in [-0.39, 0.29) is 5.56 Å². The van der Waals surface area contributed by atoms with Crippen LogP contribution in [-0.4, -0.2) is 25.4 Å². The summed E-state index contributed by atoms with van der Waals surface area (Å²) in [4.78, 5) is 12.4. The highest BCUT2D eigenvalue weighted by Gasteiger charge is 2.64. The van der Waals surface area contributed by atoms with Crippen molar-refractivity contribution in [1.29, 1.82) is 0 Å². The molecule has 6 heteroatoms. The van der Waals surface area contributed by atoms with E-state index in [1.54, 1.807) is 13.0 Å². The molecule has 0 amide bonds. The summed E-state index contributed by atoms with van der Waals surface area (Å²) in [6, 6.07) is 6.81. The summed E-state index contributed by atoms with van der Waals surface area (Å²) in [6.45, 7) is 1.73. The van der Waals surface area contributed by atoms with Crippen LogP contribution in [0.25, 0.3) is 0 Å². The molecular formula is C16H17F3O3. The Bertz CT molecular complexity index is 566. The largest absolute Gasteiger partial charge is 0.455 e. The number of halogens is 3. The smallest absolute Gasteiger partial charge is 0.432 e. The second-order valence-electron chi connectivity index (χ2n) is 5.17. The van der Waals surface area contributed by atoms with Crippen molar-refractivity contribution < 1.29 is 27.4 Å². The van der Waals surface area contributed by atoms with Gasteiger partial charge in [0.2, 0.25) is 0 Å². The summed E-state index contributed by atoms with van der Waals surface area (Å²) in [5, 5.41) is 0. The van der Waals surface area contributed by atoms with E-state index in [9.17, 15) is 18.0 Å². The predicted molar refractivity (Wildman–Crippen MR) is 74.1 cm³/mol. The minimum absolute atomic E-state index is 0.297. The maximum absolute atomic E-state index is 13.6. The molecule has 0 aliphatic heterocycles. The Morgan fingerprint density at radius 3 is 2.32 bits per heavy atom. The number of benzene rings is 1. The zero-order chi connectivity index (χ0) is 16.4. The van der Waals surface area contributed by atoms with Crippen molar-refractivity contribution in [2.45, 2.75) is 37.6 Å². The Kier molecular flexibility index (Phi) is 4.60. The Hall–Kier alpha value is -1.82. The first kappa shape index (κ1) is 16.5. The number of esters is 1. The van der Waals surface area contributed by atoms with Gasteiger partial charge in [0.1, 0.15) is 6.10 Å². The van der Waals surface area contributed by atoms with Gasteiger partial charge in [0.05, 0.1) is 0 Å². The Morgan fingerprint density at radius 2 is 1.86 bits per heavy atom. The summed E-state index contributed by atoms with van der Waals surface area (Å²) >= 11 is 0. The van der Waals surface area contributed by atoms with Crippen molar-refractivity contribution in [3.63, 3.8) is 0 Å². The average Bonchev–Trinajstić information content (AvgIpc) is 2.85. The highest BCUT2D eigenvalue weighted by atomic mass is 19.4. The molecule has 0 fully saturated rings. The molecule has 0 spiro atoms. The molecule has 3 nitrogen and oxygen atoms in total. The third-order valence-electron chi connectivity index (χ3n) is 3.83. The number of alkyl halides is 3. The molecule has 1 aliphatic rings. The van der Waals surface area contributed by atoms with Crippen LogP contribution in [0.1, 0.15) is 25.3 Å². The standard InChI is InChI=1S/C16H17F3O3/c1-11-7-6-10-13(11)22-14(20)15(21-2,16(17,18)19)12-8-4-3-5-9-12/h3-5,7-9,13H,6,10H2,1-2H3/t13?,15-/m1/s1. The molecule has 2 atom stereocenters. The van der Waals surface area contributed by atoms with Crippen LogP contribution < -0.4 is 0 Å². The summed E-state index contributed by atoms with van der Waals surface area (Å²) in [5.41, 5.74) is -2.65. The normalized spacial score (nSPS) is 21.1. The first-order valence-corrected chi connectivity index (χ1v) is 6.88. The Balaban J connectivity index is 2.40. The second kappa shape index (κ2) is 6.12. The highest BCUT2D eigenvalue weighted by Crippen LogP contribution is 2.43. The van der Waals surface area contributed by atoms with Crippen LogP contribution in [-0.2, 0) is 19.9 Å². The van der Waals surface area contributed by atoms with Crippen LogP contribution in [0.5, 0.6) is 0 Å². The fourth-order valence-corrected chi connectivity index (χ4v) is 2.57. The fourth-order valence-electron chi connectivity index (χ4n) is 2.57. The predicted octanol–water partition coefficient (Wildman–Crippen LogP) is 3.74. The van der Waals surface area contributed by atoms with Crippen LogP contribution in [0.3, 0.4) is 0 Å². The molecule has 0 aromatic heterocycles. The molecule has 22 heavy (non-hydrogen) atoms. The van der Waals surface area contributed by atoms with Crippen molar-refractivity contribution in [2.75, 3.05) is 7.11 Å². The van der Waals surface area contributed by atoms with E-state index in [0.717, 1.165) is 12.7 Å². The topological polar surface area (TPSA) is 35.5 Å². The second-order valence-corrected chi connectivity index (χ2v) is 5.17. The van der Waals surface area contributed by atoms with Crippen LogP contribution in [0.2, 0.25) is 0 Å². The lowest BCUT2D eigenvalue weighted by molar-refractivity contribution is -0.277. The van der Waals surface area contributed by atoms with Gasteiger partial charge in [0, 0.05) is 12.7 Å². The van der Waals surface area contributed by atoms with Crippen molar-refractivity contribution in [3.8, 4) is 0 Å². The number of rotatable bonds is 4. The quantitative estimate of drug-likeness (QED) is 0.627. The molecule has 120 valence electrons. The number of hydrogen-bond acceptors (Lipinski definition) is 3. The molecule has 0 saturated carbocycles. The van der Waals surface area contributed by atoms with Gasteiger partial charge in [-0.2, -0.15) is 13.2 Å². The van der Waals surface area contributed by atoms with Gasteiger partial charge in [0.25, 0.3) is 5.60 Å². The lowest BCUT2D eigenvalue weighted by Gasteiger charge is -2.33. The Morgan fingerprint density at radius 1 is 1.23 bits per heavy atom. The van der Waals surface area contributed by atoms with E-state index in [4.69, 9.17) is 4.74 Å². The molecular weight excluding hydrogens is 297 g/mol. The summed E-state index contributed by atoms with van der Waals surface area (Å²) < 4.78 is 50.7. The molecule has 1 aromatic carbocycles. The lowest BCUT2D eigenvalue weighted by Crippen LogP contribution is -2.52. The fraction of sp³-hybridized carbons (Fsp3) is 0.438. The number of hydrogen-bond donors (Lipinski definition) is 0. The minimum Gasteiger partial charge on any atom is -0.455 e. The van der Waals surface area contributed by atoms with Gasteiger partial charge in [-0.25, -0.2) is 4.79 Å². The van der Waals surface area contributed by atoms with Crippen LogP contribution in [0.15, 0.2) is 42.0 Å². The molecule has 0 heterocycles. The first-order valence-electron chi connectivity index (χ1n) is 6.88. The molecule has 1 aliphatic carbocycles. The number of carbonyl (C=O) groups is 1. The summed E-state index contributed by atoms with van der Waals surface area (Å²) in [5.74, 6) is -1.44. The lowest BCUT2D eigenvalue weighted by atomic mass is 9.92. The van der Waals surface area contributed by atoms with Crippen molar-refractivity contribution in [2.24, 2.45) is 0 Å². The SMILES string of the molecule is CO[C@@](C(=O)OC1CCC=C1C)(c1ccccc1)C(F)(F)F. The molecule has 1 unspecified atom stereocenters. The Labute approximate surface area is 126 Å². The third-order valence-corrected chi connectivity index (χ3v) is 3.83. The zero-order valence-corrected chi connectivity index (χ0v) is 12.3. The zero-order valence-electron chi connectivity index (χ0n) is 12.3. The summed E-state index contributed by atoms with van der Waals surface area (Å²) in [7, 11) is 0.860. The molecule has 0 bridgehead atoms. The summed E-state index contributed by atoms with van der Waals surface area (Å²) in [6.07, 6.45) is -2.54. The van der Waals surface area contributed by atoms with Gasteiger partial charge in [0.15, 0.2) is 0 Å². The number of carbonyl (C=O) groups excluding carboxylic acids is 1. The number of allylic oxidation sites excluding steroid dienone is 1. The minimum atomic E-state index is -4.93. The van der Waals surface area contributed by atoms with Crippen molar-refractivity contribution in [3.05, 3.63) is 47.5 Å². The third kappa shape index (κ3) is 2.75. The molecule has 1 aromatic rings. The van der Waals surface area contributed by atoms with E-state index in [1.165, 1.54) is 24.3 Å². The molecule has 0 N–H and O–H groups in total. The molecule has 0 saturated heterocycles. The van der Waals surface area contributed by atoms with Gasteiger partial charge >= 0.3 is 12.1 Å². The van der Waals surface area contributed by atoms with E-state index in [0.29, 0.717) is 12.8 Å². The number of ether oxygens (including phenoxy) is 2. The van der Waals surface area contributed by atoms with Crippen molar-refractivity contribution in [1.82, 2.24) is 0 Å². The van der Waals surface area contributed by atoms with E-state index in [2.05, 4.69) is 4.74 Å². The van der Waals surface area contributed by atoms with Gasteiger partial charge in [-0.05, 0) is 25.3 Å². The maximum Gasteiger partial charge on any atom is 0.432 e. The highest BCUT2D eigenvalue weighted by molar-refractivity contribution is 5.83. The molecule has 0 radical (unpaired) electrons. The van der Waals surface area contributed by atoms with Gasteiger partial charge in [-0.15, -0.1) is 0 Å². The van der Waals surface area contributed by atoms with Gasteiger partial charge < -0.3 is 9.47 Å². The monoisotopic (exact) mass is 314 g/mol. The number of methoxy groups -OCH3 is 1. The van der Waals surface area contributed by atoms with E-state index >= 15 is 0 Å². The molecule has 2 rings (SSSR count). The van der Waals surface area contributed by atoms with Crippen LogP contribution in [0, 0.1) is 0 Å². The van der Waals surface area contributed by atoms with Crippen molar-refractivity contribution >= 4 is 5.97 Å². The van der Waals surface area contributed by atoms with E-state index < -0.39 is 23.9 Å². The van der Waals surface area contributed by atoms with E-state index in [1.807, 2.05) is 6.08 Å². The first-order chi connectivity index (χ1) is 10.3. The van der Waals surface area contributed by atoms with Crippen LogP contribution in [0.4, 0.5) is 13.2 Å².